The molecular formula is C22H18ClNO5. The molecule has 0 bridgehead atoms. The maximum absolute atomic E-state index is 12.1. The maximum Gasteiger partial charge on any atom is 0.343 e. The van der Waals surface area contributed by atoms with Crippen LogP contribution in [0.2, 0.25) is 5.02 Å². The summed E-state index contributed by atoms with van der Waals surface area (Å²) in [6, 6.07) is 14.3. The van der Waals surface area contributed by atoms with Crippen LogP contribution in [0.4, 0.5) is 0 Å². The normalized spacial score (nSPS) is 10.9. The Kier molecular flexibility index (Phi) is 6.46. The third-order valence-corrected chi connectivity index (χ3v) is 4.32. The molecule has 2 aromatic carbocycles. The van der Waals surface area contributed by atoms with Crippen molar-refractivity contribution in [3.63, 3.8) is 0 Å². The molecule has 0 radical (unpaired) electrons. The second-order valence-corrected chi connectivity index (χ2v) is 6.47. The maximum atomic E-state index is 12.1. The summed E-state index contributed by atoms with van der Waals surface area (Å²) in [4.78, 5) is 28.4. The molecule has 0 saturated heterocycles. The van der Waals surface area contributed by atoms with Crippen LogP contribution in [0.15, 0.2) is 54.6 Å². The van der Waals surface area contributed by atoms with Crippen molar-refractivity contribution < 1.29 is 23.8 Å². The third kappa shape index (κ3) is 4.92. The summed E-state index contributed by atoms with van der Waals surface area (Å²) in [5.74, 6) is -0.953. The zero-order chi connectivity index (χ0) is 20.8. The predicted molar refractivity (Wildman–Crippen MR) is 110 cm³/mol. The molecule has 1 heterocycles. The smallest absolute Gasteiger partial charge is 0.343 e. The van der Waals surface area contributed by atoms with Gasteiger partial charge in [-0.1, -0.05) is 41.9 Å². The fourth-order valence-corrected chi connectivity index (χ4v) is 2.97. The quantitative estimate of drug-likeness (QED) is 0.441. The molecule has 0 fully saturated rings. The zero-order valence-corrected chi connectivity index (χ0v) is 16.6. The Labute approximate surface area is 172 Å². The highest BCUT2D eigenvalue weighted by atomic mass is 35.5. The minimum atomic E-state index is -0.571. The average molecular weight is 412 g/mol. The number of methoxy groups -OCH3 is 2. The lowest BCUT2D eigenvalue weighted by molar-refractivity contribution is -0.138. The first-order valence-electron chi connectivity index (χ1n) is 8.67. The molecule has 0 aliphatic carbocycles. The second kappa shape index (κ2) is 9.21. The molecule has 7 heteroatoms. The van der Waals surface area contributed by atoms with Crippen LogP contribution in [0.3, 0.4) is 0 Å². The molecular weight excluding hydrogens is 394 g/mol. The number of carbonyl (C=O) groups is 2. The monoisotopic (exact) mass is 411 g/mol. The number of esters is 2. The van der Waals surface area contributed by atoms with E-state index < -0.39 is 11.9 Å². The molecule has 0 atom stereocenters. The van der Waals surface area contributed by atoms with E-state index in [0.29, 0.717) is 21.5 Å². The molecule has 0 N–H and O–H groups in total. The van der Waals surface area contributed by atoms with E-state index in [1.54, 1.807) is 24.3 Å². The van der Waals surface area contributed by atoms with Gasteiger partial charge in [-0.15, -0.1) is 0 Å². The van der Waals surface area contributed by atoms with Crippen LogP contribution in [0.25, 0.3) is 17.0 Å². The molecule has 0 spiro atoms. The number of nitrogens with zero attached hydrogens (tertiary/aromatic N) is 1. The third-order valence-electron chi connectivity index (χ3n) is 4.10. The Morgan fingerprint density at radius 2 is 1.86 bits per heavy atom. The van der Waals surface area contributed by atoms with Crippen LogP contribution < -0.4 is 4.74 Å². The number of fused-ring (bicyclic) bond motifs is 1. The molecule has 148 valence electrons. The van der Waals surface area contributed by atoms with Crippen LogP contribution in [0, 0.1) is 0 Å². The van der Waals surface area contributed by atoms with Gasteiger partial charge < -0.3 is 14.2 Å². The van der Waals surface area contributed by atoms with Crippen molar-refractivity contribution >= 4 is 40.5 Å². The van der Waals surface area contributed by atoms with Crippen molar-refractivity contribution in [3.8, 4) is 5.88 Å². The number of benzene rings is 2. The van der Waals surface area contributed by atoms with E-state index in [1.807, 2.05) is 30.3 Å². The van der Waals surface area contributed by atoms with Gasteiger partial charge in [-0.2, -0.15) is 0 Å². The summed E-state index contributed by atoms with van der Waals surface area (Å²) in [5.41, 5.74) is 2.18. The molecule has 3 rings (SSSR count). The van der Waals surface area contributed by atoms with Crippen molar-refractivity contribution in [2.75, 3.05) is 14.2 Å². The lowest BCUT2D eigenvalue weighted by atomic mass is 10.1. The van der Waals surface area contributed by atoms with E-state index in [4.69, 9.17) is 25.8 Å². The van der Waals surface area contributed by atoms with Gasteiger partial charge in [-0.3, -0.25) is 0 Å². The van der Waals surface area contributed by atoms with Crippen molar-refractivity contribution in [2.24, 2.45) is 0 Å². The first-order valence-corrected chi connectivity index (χ1v) is 9.05. The molecule has 6 nitrogen and oxygen atoms in total. The minimum absolute atomic E-state index is 0.118. The SMILES string of the molecule is COC(=O)c1cc2cc(Cl)cc(/C=C/C(=O)OCc3ccccc3)c2nc1OC. The summed E-state index contributed by atoms with van der Waals surface area (Å²) in [7, 11) is 2.69. The van der Waals surface area contributed by atoms with E-state index in [1.165, 1.54) is 20.3 Å². The Balaban J connectivity index is 1.89. The van der Waals surface area contributed by atoms with Gasteiger partial charge in [0.05, 0.1) is 19.7 Å². The first-order chi connectivity index (χ1) is 14.0. The number of aromatic nitrogens is 1. The topological polar surface area (TPSA) is 74.7 Å². The van der Waals surface area contributed by atoms with Crippen LogP contribution in [-0.4, -0.2) is 31.1 Å². The van der Waals surface area contributed by atoms with Crippen LogP contribution in [-0.2, 0) is 20.9 Å². The highest BCUT2D eigenvalue weighted by molar-refractivity contribution is 6.31. The van der Waals surface area contributed by atoms with Gasteiger partial charge in [0.2, 0.25) is 5.88 Å². The summed E-state index contributed by atoms with van der Waals surface area (Å²) in [6.07, 6.45) is 2.86. The molecule has 0 aliphatic heterocycles. The van der Waals surface area contributed by atoms with Crippen molar-refractivity contribution in [1.29, 1.82) is 0 Å². The van der Waals surface area contributed by atoms with Gasteiger partial charge in [0.25, 0.3) is 0 Å². The van der Waals surface area contributed by atoms with Crippen LogP contribution in [0.1, 0.15) is 21.5 Å². The minimum Gasteiger partial charge on any atom is -0.480 e. The summed E-state index contributed by atoms with van der Waals surface area (Å²) >= 11 is 6.19. The number of halogens is 1. The highest BCUT2D eigenvalue weighted by Crippen LogP contribution is 2.29. The van der Waals surface area contributed by atoms with E-state index in [0.717, 1.165) is 5.56 Å². The molecule has 0 unspecified atom stereocenters. The van der Waals surface area contributed by atoms with Crippen LogP contribution in [0.5, 0.6) is 5.88 Å². The van der Waals surface area contributed by atoms with E-state index in [2.05, 4.69) is 4.98 Å². The van der Waals surface area contributed by atoms with E-state index >= 15 is 0 Å². The zero-order valence-electron chi connectivity index (χ0n) is 15.8. The molecule has 29 heavy (non-hydrogen) atoms. The number of hydrogen-bond acceptors (Lipinski definition) is 6. The van der Waals surface area contributed by atoms with E-state index in [9.17, 15) is 9.59 Å². The van der Waals surface area contributed by atoms with Crippen LogP contribution >= 0.6 is 11.6 Å². The Morgan fingerprint density at radius 3 is 2.55 bits per heavy atom. The fourth-order valence-electron chi connectivity index (χ4n) is 2.73. The van der Waals surface area contributed by atoms with Crippen molar-refractivity contribution in [3.05, 3.63) is 76.3 Å². The standard InChI is InChI=1S/C22H18ClNO5/c1-27-21-18(22(26)28-2)12-16-11-17(23)10-15(20(16)24-21)8-9-19(25)29-13-14-6-4-3-5-7-14/h3-12H,13H2,1-2H3/b9-8+. The fraction of sp³-hybridized carbons (Fsp3) is 0.136. The molecule has 0 amide bonds. The van der Waals surface area contributed by atoms with Gasteiger partial charge in [-0.25, -0.2) is 14.6 Å². The molecule has 3 aromatic rings. The number of hydrogen-bond donors (Lipinski definition) is 0. The summed E-state index contributed by atoms with van der Waals surface area (Å²) in [6.45, 7) is 0.175. The average Bonchev–Trinajstić information content (AvgIpc) is 2.75. The number of pyridine rings is 1. The van der Waals surface area contributed by atoms with E-state index in [-0.39, 0.29) is 18.1 Å². The van der Waals surface area contributed by atoms with Gasteiger partial charge in [-0.05, 0) is 29.8 Å². The van der Waals surface area contributed by atoms with Gasteiger partial charge >= 0.3 is 11.9 Å². The molecule has 1 aromatic heterocycles. The highest BCUT2D eigenvalue weighted by Gasteiger charge is 2.17. The number of carbonyl (C=O) groups excluding carboxylic acids is 2. The Hall–Kier alpha value is -3.38. The van der Waals surface area contributed by atoms with Gasteiger partial charge in [0, 0.05) is 22.0 Å². The largest absolute Gasteiger partial charge is 0.480 e. The van der Waals surface area contributed by atoms with Gasteiger partial charge in [0.15, 0.2) is 0 Å². The summed E-state index contributed by atoms with van der Waals surface area (Å²) < 4.78 is 15.2. The first kappa shape index (κ1) is 20.4. The predicted octanol–water partition coefficient (Wildman–Crippen LogP) is 4.44. The Bertz CT molecular complexity index is 1080. The summed E-state index contributed by atoms with van der Waals surface area (Å²) in [5, 5.41) is 1.04. The second-order valence-electron chi connectivity index (χ2n) is 6.03. The lowest BCUT2D eigenvalue weighted by Crippen LogP contribution is -2.06. The Morgan fingerprint density at radius 1 is 1.10 bits per heavy atom. The van der Waals surface area contributed by atoms with Gasteiger partial charge in [0.1, 0.15) is 12.2 Å². The lowest BCUT2D eigenvalue weighted by Gasteiger charge is -2.10. The molecule has 0 saturated carbocycles. The number of ether oxygens (including phenoxy) is 3. The number of rotatable bonds is 6. The van der Waals surface area contributed by atoms with Crippen molar-refractivity contribution in [1.82, 2.24) is 4.98 Å². The molecule has 0 aliphatic rings. The van der Waals surface area contributed by atoms with Crippen molar-refractivity contribution in [2.45, 2.75) is 6.61 Å².